The first-order valence-corrected chi connectivity index (χ1v) is 4.88. The van der Waals surface area contributed by atoms with Crippen LogP contribution in [0.1, 0.15) is 29.8 Å². The molecule has 1 atom stereocenters. The highest BCUT2D eigenvalue weighted by Crippen LogP contribution is 2.18. The van der Waals surface area contributed by atoms with Gasteiger partial charge < -0.3 is 10.8 Å². The van der Waals surface area contributed by atoms with Gasteiger partial charge in [0, 0.05) is 6.20 Å². The second-order valence-corrected chi connectivity index (χ2v) is 3.94. The molecule has 0 fully saturated rings. The van der Waals surface area contributed by atoms with Crippen molar-refractivity contribution in [2.45, 2.75) is 26.9 Å². The van der Waals surface area contributed by atoms with Crippen LogP contribution in [0.2, 0.25) is 0 Å². The fourth-order valence-electron chi connectivity index (χ4n) is 1.35. The molecule has 1 heterocycles. The third-order valence-electron chi connectivity index (χ3n) is 2.34. The van der Waals surface area contributed by atoms with Crippen LogP contribution in [0.3, 0.4) is 0 Å². The number of hydrogen-bond acceptors (Lipinski definition) is 4. The number of carbonyl (C=O) groups is 1. The number of anilines is 1. The number of aliphatic hydroxyl groups excluding tert-OH is 1. The predicted octanol–water partition coefficient (Wildman–Crippen LogP) is 1.17. The molecule has 0 aliphatic rings. The van der Waals surface area contributed by atoms with Gasteiger partial charge in [0.1, 0.15) is 11.9 Å². The van der Waals surface area contributed by atoms with Crippen molar-refractivity contribution >= 4 is 11.6 Å². The Hall–Kier alpha value is -1.42. The number of nitrogens with two attached hydrogens (primary N) is 1. The minimum atomic E-state index is -1.02. The van der Waals surface area contributed by atoms with Gasteiger partial charge in [0.2, 0.25) is 0 Å². The molecule has 0 aliphatic heterocycles. The lowest BCUT2D eigenvalue weighted by molar-refractivity contribution is 0.0648. The number of pyridine rings is 1. The second kappa shape index (κ2) is 4.40. The lowest BCUT2D eigenvalue weighted by atomic mass is 9.95. The van der Waals surface area contributed by atoms with E-state index in [-0.39, 0.29) is 17.5 Å². The summed E-state index contributed by atoms with van der Waals surface area (Å²) in [4.78, 5) is 15.7. The summed E-state index contributed by atoms with van der Waals surface area (Å²) < 4.78 is 0. The van der Waals surface area contributed by atoms with Gasteiger partial charge in [-0.2, -0.15) is 0 Å². The van der Waals surface area contributed by atoms with E-state index in [2.05, 4.69) is 4.98 Å². The third-order valence-corrected chi connectivity index (χ3v) is 2.34. The number of nitrogens with zero attached hydrogens (tertiary/aromatic N) is 1. The Labute approximate surface area is 89.1 Å². The van der Waals surface area contributed by atoms with Gasteiger partial charge in [-0.05, 0) is 24.5 Å². The maximum atomic E-state index is 11.9. The number of aryl methyl sites for hydroxylation is 1. The van der Waals surface area contributed by atoms with Crippen LogP contribution >= 0.6 is 0 Å². The second-order valence-electron chi connectivity index (χ2n) is 3.94. The van der Waals surface area contributed by atoms with Crippen LogP contribution in [-0.2, 0) is 0 Å². The number of carbonyl (C=O) groups excluding carboxylic acids is 1. The average molecular weight is 208 g/mol. The molecule has 0 saturated heterocycles. The Morgan fingerprint density at radius 1 is 1.53 bits per heavy atom. The molecule has 0 bridgehead atoms. The van der Waals surface area contributed by atoms with E-state index in [9.17, 15) is 9.90 Å². The molecule has 0 amide bonds. The van der Waals surface area contributed by atoms with Crippen LogP contribution in [0.25, 0.3) is 0 Å². The first kappa shape index (κ1) is 11.7. The molecule has 1 rings (SSSR count). The maximum absolute atomic E-state index is 11.9. The highest BCUT2D eigenvalue weighted by atomic mass is 16.3. The molecule has 0 aliphatic carbocycles. The predicted molar refractivity (Wildman–Crippen MR) is 58.6 cm³/mol. The van der Waals surface area contributed by atoms with Crippen molar-refractivity contribution in [3.8, 4) is 0 Å². The normalized spacial score (nSPS) is 12.9. The summed E-state index contributed by atoms with van der Waals surface area (Å²) in [5, 5.41) is 9.66. The van der Waals surface area contributed by atoms with Crippen LogP contribution < -0.4 is 5.73 Å². The van der Waals surface area contributed by atoms with Gasteiger partial charge in [0.05, 0.1) is 5.56 Å². The number of nitrogen functional groups attached to an aromatic ring is 1. The molecule has 0 radical (unpaired) electrons. The Balaban J connectivity index is 3.11. The van der Waals surface area contributed by atoms with E-state index in [1.54, 1.807) is 33.0 Å². The lowest BCUT2D eigenvalue weighted by Gasteiger charge is -2.15. The van der Waals surface area contributed by atoms with E-state index >= 15 is 0 Å². The summed E-state index contributed by atoms with van der Waals surface area (Å²) in [6.07, 6.45) is 0.527. The number of rotatable bonds is 3. The first-order chi connectivity index (χ1) is 6.95. The Bertz CT molecular complexity index is 355. The van der Waals surface area contributed by atoms with Crippen LogP contribution in [0.15, 0.2) is 12.3 Å². The molecule has 0 saturated carbocycles. The quantitative estimate of drug-likeness (QED) is 0.731. The maximum Gasteiger partial charge on any atom is 0.195 e. The Kier molecular flexibility index (Phi) is 3.42. The molecule has 1 unspecified atom stereocenters. The molecule has 82 valence electrons. The van der Waals surface area contributed by atoms with Gasteiger partial charge in [0.25, 0.3) is 0 Å². The summed E-state index contributed by atoms with van der Waals surface area (Å²) in [7, 11) is 0. The number of aliphatic hydroxyl groups is 1. The van der Waals surface area contributed by atoms with Crippen molar-refractivity contribution < 1.29 is 9.90 Å². The van der Waals surface area contributed by atoms with E-state index in [0.29, 0.717) is 5.56 Å². The summed E-state index contributed by atoms with van der Waals surface area (Å²) in [6.45, 7) is 5.34. The average Bonchev–Trinajstić information content (AvgIpc) is 2.15. The van der Waals surface area contributed by atoms with Crippen molar-refractivity contribution in [1.82, 2.24) is 4.98 Å². The number of aromatic nitrogens is 1. The largest absolute Gasteiger partial charge is 0.385 e. The van der Waals surface area contributed by atoms with Crippen LogP contribution in [0, 0.1) is 12.8 Å². The summed E-state index contributed by atoms with van der Waals surface area (Å²) in [5.41, 5.74) is 6.69. The zero-order valence-corrected chi connectivity index (χ0v) is 9.19. The third kappa shape index (κ3) is 2.33. The number of ketones is 1. The van der Waals surface area contributed by atoms with Gasteiger partial charge in [-0.3, -0.25) is 4.79 Å². The molecular formula is C11H16N2O2. The van der Waals surface area contributed by atoms with E-state index < -0.39 is 6.10 Å². The standard InChI is InChI=1S/C11H16N2O2/c1-6(2)9(14)10(15)8-7(3)4-5-13-11(8)12/h4-6,9,14H,1-3H3,(H2,12,13). The van der Waals surface area contributed by atoms with Crippen molar-refractivity contribution in [3.05, 3.63) is 23.4 Å². The van der Waals surface area contributed by atoms with Gasteiger partial charge in [0.15, 0.2) is 5.78 Å². The highest BCUT2D eigenvalue weighted by molar-refractivity contribution is 6.04. The van der Waals surface area contributed by atoms with Crippen LogP contribution in [-0.4, -0.2) is 22.0 Å². The molecule has 1 aromatic heterocycles. The Morgan fingerprint density at radius 2 is 2.13 bits per heavy atom. The molecule has 4 heteroatoms. The van der Waals surface area contributed by atoms with Gasteiger partial charge in [-0.1, -0.05) is 13.8 Å². The molecule has 0 spiro atoms. The Morgan fingerprint density at radius 3 is 2.60 bits per heavy atom. The van der Waals surface area contributed by atoms with Crippen molar-refractivity contribution in [2.75, 3.05) is 5.73 Å². The topological polar surface area (TPSA) is 76.2 Å². The first-order valence-electron chi connectivity index (χ1n) is 4.88. The lowest BCUT2D eigenvalue weighted by Crippen LogP contribution is -2.27. The van der Waals surface area contributed by atoms with E-state index in [1.807, 2.05) is 0 Å². The summed E-state index contributed by atoms with van der Waals surface area (Å²) >= 11 is 0. The molecule has 4 nitrogen and oxygen atoms in total. The zero-order valence-electron chi connectivity index (χ0n) is 9.19. The molecule has 1 aromatic rings. The van der Waals surface area contributed by atoms with Gasteiger partial charge in [-0.25, -0.2) is 4.98 Å². The van der Waals surface area contributed by atoms with Crippen LogP contribution in [0.5, 0.6) is 0 Å². The molecule has 3 N–H and O–H groups in total. The molecule has 0 aromatic carbocycles. The monoisotopic (exact) mass is 208 g/mol. The molecule has 15 heavy (non-hydrogen) atoms. The minimum Gasteiger partial charge on any atom is -0.385 e. The molecular weight excluding hydrogens is 192 g/mol. The number of Topliss-reactive ketones (excluding diaryl/α,β-unsaturated/α-hetero) is 1. The minimum absolute atomic E-state index is 0.128. The fourth-order valence-corrected chi connectivity index (χ4v) is 1.35. The SMILES string of the molecule is Cc1ccnc(N)c1C(=O)C(O)C(C)C. The van der Waals surface area contributed by atoms with Crippen molar-refractivity contribution in [1.29, 1.82) is 0 Å². The van der Waals surface area contributed by atoms with E-state index in [4.69, 9.17) is 5.73 Å². The highest BCUT2D eigenvalue weighted by Gasteiger charge is 2.24. The van der Waals surface area contributed by atoms with Crippen molar-refractivity contribution in [2.24, 2.45) is 5.92 Å². The summed E-state index contributed by atoms with van der Waals surface area (Å²) in [6, 6.07) is 1.70. The van der Waals surface area contributed by atoms with Gasteiger partial charge in [-0.15, -0.1) is 0 Å². The summed E-state index contributed by atoms with van der Waals surface area (Å²) in [5.74, 6) is -0.302. The van der Waals surface area contributed by atoms with E-state index in [0.717, 1.165) is 5.56 Å². The van der Waals surface area contributed by atoms with E-state index in [1.165, 1.54) is 0 Å². The van der Waals surface area contributed by atoms with Gasteiger partial charge >= 0.3 is 0 Å². The smallest absolute Gasteiger partial charge is 0.195 e. The fraction of sp³-hybridized carbons (Fsp3) is 0.455. The van der Waals surface area contributed by atoms with Crippen LogP contribution in [0.4, 0.5) is 5.82 Å². The number of hydrogen-bond donors (Lipinski definition) is 2. The van der Waals surface area contributed by atoms with Crippen molar-refractivity contribution in [3.63, 3.8) is 0 Å². The zero-order chi connectivity index (χ0) is 11.6.